The van der Waals surface area contributed by atoms with Gasteiger partial charge in [-0.15, -0.1) is 13.1 Å². The summed E-state index contributed by atoms with van der Waals surface area (Å²) in [5.41, 5.74) is 13.8. The van der Waals surface area contributed by atoms with Crippen molar-refractivity contribution in [2.75, 3.05) is 39.3 Å². The van der Waals surface area contributed by atoms with Gasteiger partial charge in [-0.2, -0.15) is 26.2 Å². The van der Waals surface area contributed by atoms with E-state index in [9.17, 15) is 0 Å². The summed E-state index contributed by atoms with van der Waals surface area (Å²) in [6, 6.07) is 0. The average Bonchev–Trinajstić information content (AvgIpc) is 2.43. The standard InChI is InChI=1S/C10H22N4.4ClH.2Pt/c11-5-3-9-13-7-1-2-8-14-10-4-6-12;;;;;;/h11-12H,1-10H2;4*1H;;/q-4;;;;;2*+4/p-4. The molecule has 4 nitrogen and oxygen atoms in total. The number of halogens is 4. The van der Waals surface area contributed by atoms with Gasteiger partial charge in [0.15, 0.2) is 0 Å². The third-order valence-corrected chi connectivity index (χ3v) is 1.87. The van der Waals surface area contributed by atoms with Crippen molar-refractivity contribution >= 4 is 37.7 Å². The first kappa shape index (κ1) is 27.2. The van der Waals surface area contributed by atoms with Crippen LogP contribution in [0.5, 0.6) is 0 Å². The van der Waals surface area contributed by atoms with E-state index in [1.165, 1.54) is 0 Å². The Morgan fingerprint density at radius 3 is 1.10 bits per heavy atom. The molecule has 0 aliphatic rings. The zero-order valence-corrected chi connectivity index (χ0v) is 18.7. The van der Waals surface area contributed by atoms with Crippen LogP contribution >= 0.6 is 37.7 Å². The van der Waals surface area contributed by atoms with Gasteiger partial charge >= 0.3 is 70.6 Å². The molecule has 0 aromatic heterocycles. The molecule has 0 saturated heterocycles. The molecule has 2 N–H and O–H groups in total. The van der Waals surface area contributed by atoms with Crippen LogP contribution in [0.15, 0.2) is 0 Å². The molecule has 0 aromatic rings. The van der Waals surface area contributed by atoms with Gasteiger partial charge in [0.25, 0.3) is 0 Å². The van der Waals surface area contributed by atoms with Gasteiger partial charge in [-0.05, 0) is 0 Å². The SMILES string of the molecule is [Cl][Pt+2][Cl].[Cl][Pt+2][Cl].[NH-]CCC[N-]CCCC[N-]CCC[NH-]. The number of hydrogen-bond donors (Lipinski definition) is 0. The number of hydrogen-bond acceptors (Lipinski definition) is 0. The van der Waals surface area contributed by atoms with E-state index in [1.54, 1.807) is 0 Å². The molecule has 0 unspecified atom stereocenters. The summed E-state index contributed by atoms with van der Waals surface area (Å²) >= 11 is -0.944. The van der Waals surface area contributed by atoms with Crippen LogP contribution in [0.4, 0.5) is 0 Å². The molecular formula is C10H22Cl4N4Pt2. The van der Waals surface area contributed by atoms with Gasteiger partial charge in [0.05, 0.1) is 0 Å². The van der Waals surface area contributed by atoms with Crippen molar-refractivity contribution in [1.29, 1.82) is 0 Å². The molecule has 0 heterocycles. The van der Waals surface area contributed by atoms with Crippen LogP contribution in [0.25, 0.3) is 22.1 Å². The van der Waals surface area contributed by atoms with Gasteiger partial charge in [-0.25, -0.2) is 0 Å². The maximum absolute atomic E-state index is 6.92. The van der Waals surface area contributed by atoms with Gasteiger partial charge in [0, 0.05) is 0 Å². The fourth-order valence-corrected chi connectivity index (χ4v) is 1.05. The Kier molecular flexibility index (Phi) is 45.1. The quantitative estimate of drug-likeness (QED) is 0.229. The first-order valence-electron chi connectivity index (χ1n) is 5.95. The van der Waals surface area contributed by atoms with Gasteiger partial charge in [-0.1, -0.05) is 25.7 Å². The van der Waals surface area contributed by atoms with E-state index in [4.69, 9.17) is 49.1 Å². The smallest absolute Gasteiger partial charge is 0.0739 e. The van der Waals surface area contributed by atoms with Gasteiger partial charge in [0.1, 0.15) is 0 Å². The monoisotopic (exact) mass is 728 g/mol. The van der Waals surface area contributed by atoms with Crippen molar-refractivity contribution in [3.05, 3.63) is 22.1 Å². The predicted octanol–water partition coefficient (Wildman–Crippen LogP) is 6.15. The zero-order chi connectivity index (χ0) is 15.9. The Labute approximate surface area is 156 Å². The maximum atomic E-state index is 6.92. The van der Waals surface area contributed by atoms with Crippen molar-refractivity contribution in [1.82, 2.24) is 0 Å². The molecule has 0 amide bonds. The summed E-state index contributed by atoms with van der Waals surface area (Å²) in [6.45, 7) is 4.53. The molecule has 10 heteroatoms. The normalized spacial score (nSPS) is 9.70. The molecule has 0 atom stereocenters. The van der Waals surface area contributed by atoms with Gasteiger partial charge < -0.3 is 22.1 Å². The number of unbranched alkanes of at least 4 members (excludes halogenated alkanes) is 1. The minimum absolute atomic E-state index is 0.472. The fraction of sp³-hybridized carbons (Fsp3) is 1.00. The summed E-state index contributed by atoms with van der Waals surface area (Å²) < 4.78 is 0. The third kappa shape index (κ3) is 42.8. The molecule has 0 bridgehead atoms. The van der Waals surface area contributed by atoms with E-state index in [0.29, 0.717) is 13.1 Å². The molecule has 0 rings (SSSR count). The Bertz CT molecular complexity index is 128. The Morgan fingerprint density at radius 2 is 0.850 bits per heavy atom. The molecular weight excluding hydrogens is 708 g/mol. The predicted molar refractivity (Wildman–Crippen MR) is 86.4 cm³/mol. The average molecular weight is 730 g/mol. The van der Waals surface area contributed by atoms with E-state index in [0.717, 1.165) is 51.9 Å². The molecule has 0 fully saturated rings. The summed E-state index contributed by atoms with van der Waals surface area (Å²) in [7, 11) is 19.5. The van der Waals surface area contributed by atoms with E-state index < -0.39 is 33.0 Å². The third-order valence-electron chi connectivity index (χ3n) is 1.87. The molecule has 0 saturated carbocycles. The van der Waals surface area contributed by atoms with Crippen LogP contribution in [0.2, 0.25) is 0 Å². The minimum Gasteiger partial charge on any atom is -0.677 e. The van der Waals surface area contributed by atoms with Crippen molar-refractivity contribution in [2.45, 2.75) is 25.7 Å². The van der Waals surface area contributed by atoms with Gasteiger partial charge in [0.2, 0.25) is 0 Å². The van der Waals surface area contributed by atoms with Crippen molar-refractivity contribution in [2.24, 2.45) is 0 Å². The summed E-state index contributed by atoms with van der Waals surface area (Å²) in [6.07, 6.45) is 4.02. The van der Waals surface area contributed by atoms with Crippen LogP contribution in [-0.2, 0) is 33.0 Å². The van der Waals surface area contributed by atoms with E-state index in [1.807, 2.05) is 0 Å². The second-order valence-corrected chi connectivity index (χ2v) is 9.91. The van der Waals surface area contributed by atoms with E-state index in [2.05, 4.69) is 10.6 Å². The second kappa shape index (κ2) is 33.1. The maximum Gasteiger partial charge on any atom is -0.0739 e. The van der Waals surface area contributed by atoms with Crippen LogP contribution in [-0.4, -0.2) is 39.3 Å². The topological polar surface area (TPSA) is 75.8 Å². The summed E-state index contributed by atoms with van der Waals surface area (Å²) in [4.78, 5) is 0. The molecule has 0 aromatic carbocycles. The molecule has 20 heavy (non-hydrogen) atoms. The van der Waals surface area contributed by atoms with E-state index >= 15 is 0 Å². The number of nitrogens with zero attached hydrogens (tertiary/aromatic N) is 2. The summed E-state index contributed by atoms with van der Waals surface area (Å²) in [5, 5.41) is 8.61. The largest absolute Gasteiger partial charge is 0.677 e. The molecule has 0 aliphatic carbocycles. The zero-order valence-electron chi connectivity index (χ0n) is 11.1. The van der Waals surface area contributed by atoms with Crippen LogP contribution < -0.4 is 0 Å². The first-order chi connectivity index (χ1) is 9.74. The van der Waals surface area contributed by atoms with Crippen LogP contribution in [0.3, 0.4) is 0 Å². The minimum atomic E-state index is -0.472. The number of rotatable bonds is 11. The molecule has 0 radical (unpaired) electrons. The fourth-order valence-electron chi connectivity index (χ4n) is 1.05. The van der Waals surface area contributed by atoms with Crippen molar-refractivity contribution < 1.29 is 33.0 Å². The Morgan fingerprint density at radius 1 is 0.600 bits per heavy atom. The van der Waals surface area contributed by atoms with Crippen molar-refractivity contribution in [3.63, 3.8) is 0 Å². The first-order valence-corrected chi connectivity index (χ1v) is 17.2. The molecule has 130 valence electrons. The molecule has 0 aliphatic heterocycles. The molecule has 0 spiro atoms. The van der Waals surface area contributed by atoms with Crippen LogP contribution in [0.1, 0.15) is 25.7 Å². The van der Waals surface area contributed by atoms with Crippen LogP contribution in [0, 0.1) is 0 Å². The number of nitrogens with one attached hydrogen (secondary N) is 2. The Hall–Kier alpha value is 2.38. The Balaban J connectivity index is -0.000000408. The van der Waals surface area contributed by atoms with Gasteiger partial charge in [-0.3, -0.25) is 0 Å². The van der Waals surface area contributed by atoms with Crippen molar-refractivity contribution in [3.8, 4) is 0 Å². The second-order valence-electron chi connectivity index (χ2n) is 3.35. The summed E-state index contributed by atoms with van der Waals surface area (Å²) in [5.74, 6) is 0. The van der Waals surface area contributed by atoms with E-state index in [-0.39, 0.29) is 0 Å².